The van der Waals surface area contributed by atoms with Gasteiger partial charge in [0.25, 0.3) is 5.91 Å². The fourth-order valence-corrected chi connectivity index (χ4v) is 3.72. The van der Waals surface area contributed by atoms with Crippen molar-refractivity contribution in [2.24, 2.45) is 5.92 Å². The van der Waals surface area contributed by atoms with Crippen LogP contribution >= 0.6 is 0 Å². The van der Waals surface area contributed by atoms with Gasteiger partial charge in [0.1, 0.15) is 0 Å². The van der Waals surface area contributed by atoms with Crippen LogP contribution in [0.3, 0.4) is 0 Å². The van der Waals surface area contributed by atoms with E-state index < -0.39 is 12.0 Å². The van der Waals surface area contributed by atoms with Crippen molar-refractivity contribution in [2.75, 3.05) is 27.4 Å². The largest absolute Gasteiger partial charge is 0.493 e. The maximum atomic E-state index is 13.0. The zero-order valence-electron chi connectivity index (χ0n) is 18.5. The highest BCUT2D eigenvalue weighted by atomic mass is 16.5. The number of amides is 2. The number of ether oxygens (including phenoxy) is 3. The Kier molecular flexibility index (Phi) is 7.70. The lowest BCUT2D eigenvalue weighted by atomic mass is 9.97. The second-order valence-electron chi connectivity index (χ2n) is 7.47. The molecule has 1 heterocycles. The minimum atomic E-state index is -0.498. The summed E-state index contributed by atoms with van der Waals surface area (Å²) < 4.78 is 15.6. The molecule has 0 saturated carbocycles. The van der Waals surface area contributed by atoms with Crippen LogP contribution in [0.25, 0.3) is 10.8 Å². The molecule has 0 bridgehead atoms. The average Bonchev–Trinajstić information content (AvgIpc) is 3.20. The first-order valence-electron chi connectivity index (χ1n) is 10.5. The minimum absolute atomic E-state index is 0.0412. The summed E-state index contributed by atoms with van der Waals surface area (Å²) in [5.74, 6) is 0.116. The minimum Gasteiger partial charge on any atom is -0.493 e. The van der Waals surface area contributed by atoms with Gasteiger partial charge in [0, 0.05) is 30.1 Å². The Morgan fingerprint density at radius 2 is 1.88 bits per heavy atom. The molecular formula is C24H28N2O6. The molecule has 0 spiro atoms. The number of fused-ring (bicyclic) bond motifs is 1. The average molecular weight is 440 g/mol. The number of nitrogens with one attached hydrogen (secondary N) is 2. The number of benzene rings is 2. The number of carbonyl (C=O) groups is 3. The Bertz CT molecular complexity index is 1030. The molecule has 2 aromatic rings. The number of carbonyl (C=O) groups excluding carboxylic acids is 3. The zero-order chi connectivity index (χ0) is 23.1. The number of hydrogen-bond donors (Lipinski definition) is 2. The van der Waals surface area contributed by atoms with Gasteiger partial charge in [0.2, 0.25) is 5.91 Å². The van der Waals surface area contributed by atoms with Gasteiger partial charge in [-0.15, -0.1) is 0 Å². The van der Waals surface area contributed by atoms with Crippen LogP contribution in [0.2, 0.25) is 0 Å². The zero-order valence-corrected chi connectivity index (χ0v) is 18.5. The van der Waals surface area contributed by atoms with Crippen LogP contribution in [0.4, 0.5) is 0 Å². The summed E-state index contributed by atoms with van der Waals surface area (Å²) in [4.78, 5) is 36.7. The molecule has 170 valence electrons. The van der Waals surface area contributed by atoms with E-state index in [0.29, 0.717) is 36.4 Å². The van der Waals surface area contributed by atoms with Gasteiger partial charge in [-0.2, -0.15) is 0 Å². The van der Waals surface area contributed by atoms with Crippen molar-refractivity contribution in [3.05, 3.63) is 48.0 Å². The van der Waals surface area contributed by atoms with Crippen LogP contribution < -0.4 is 20.1 Å². The molecule has 1 fully saturated rings. The van der Waals surface area contributed by atoms with E-state index in [9.17, 15) is 14.4 Å². The van der Waals surface area contributed by atoms with Crippen LogP contribution in [-0.2, 0) is 14.3 Å². The molecule has 8 heteroatoms. The Labute approximate surface area is 186 Å². The van der Waals surface area contributed by atoms with Crippen LogP contribution in [0.5, 0.6) is 11.5 Å². The summed E-state index contributed by atoms with van der Waals surface area (Å²) in [6, 6.07) is 8.48. The fraction of sp³-hybridized carbons (Fsp3) is 0.375. The second-order valence-corrected chi connectivity index (χ2v) is 7.47. The lowest BCUT2D eigenvalue weighted by molar-refractivity contribution is -0.137. The van der Waals surface area contributed by atoms with Gasteiger partial charge in [-0.3, -0.25) is 9.59 Å². The smallest absolute Gasteiger partial charge is 0.330 e. The van der Waals surface area contributed by atoms with Crippen LogP contribution in [0.15, 0.2) is 42.5 Å². The Morgan fingerprint density at radius 1 is 1.16 bits per heavy atom. The topological polar surface area (TPSA) is 103 Å². The SMILES string of the molecule is CCOC(=O)/C=C/[C@H](C[C@@H]1CCNC1=O)NC(=O)c1ccc2cc(OC)c(OC)cc2c1. The number of hydrogen-bond acceptors (Lipinski definition) is 6. The summed E-state index contributed by atoms with van der Waals surface area (Å²) in [7, 11) is 3.12. The van der Waals surface area contributed by atoms with Crippen molar-refractivity contribution in [3.8, 4) is 11.5 Å². The molecule has 1 aliphatic heterocycles. The monoisotopic (exact) mass is 440 g/mol. The first-order chi connectivity index (χ1) is 15.4. The maximum absolute atomic E-state index is 13.0. The molecule has 2 amide bonds. The molecule has 8 nitrogen and oxygen atoms in total. The van der Waals surface area contributed by atoms with Gasteiger partial charge >= 0.3 is 5.97 Å². The van der Waals surface area contributed by atoms with Gasteiger partial charge < -0.3 is 24.8 Å². The van der Waals surface area contributed by atoms with Crippen molar-refractivity contribution in [3.63, 3.8) is 0 Å². The van der Waals surface area contributed by atoms with Crippen LogP contribution in [-0.4, -0.2) is 51.2 Å². The first-order valence-corrected chi connectivity index (χ1v) is 10.5. The second kappa shape index (κ2) is 10.7. The Balaban J connectivity index is 1.81. The molecule has 1 saturated heterocycles. The molecule has 32 heavy (non-hydrogen) atoms. The Morgan fingerprint density at radius 3 is 2.50 bits per heavy atom. The van der Waals surface area contributed by atoms with Crippen molar-refractivity contribution in [2.45, 2.75) is 25.8 Å². The molecular weight excluding hydrogens is 412 g/mol. The van der Waals surface area contributed by atoms with E-state index >= 15 is 0 Å². The highest BCUT2D eigenvalue weighted by molar-refractivity contribution is 5.99. The lowest BCUT2D eigenvalue weighted by Gasteiger charge is -2.18. The van der Waals surface area contributed by atoms with Crippen molar-refractivity contribution in [1.82, 2.24) is 10.6 Å². The normalized spacial score (nSPS) is 16.6. The maximum Gasteiger partial charge on any atom is 0.330 e. The number of methoxy groups -OCH3 is 2. The van der Waals surface area contributed by atoms with Gasteiger partial charge in [0.15, 0.2) is 11.5 Å². The molecule has 0 radical (unpaired) electrons. The lowest BCUT2D eigenvalue weighted by Crippen LogP contribution is -2.36. The predicted molar refractivity (Wildman–Crippen MR) is 120 cm³/mol. The summed E-state index contributed by atoms with van der Waals surface area (Å²) in [6.07, 6.45) is 3.96. The van der Waals surface area contributed by atoms with E-state index in [1.54, 1.807) is 39.4 Å². The molecule has 2 atom stereocenters. The highest BCUT2D eigenvalue weighted by Crippen LogP contribution is 2.32. The highest BCUT2D eigenvalue weighted by Gasteiger charge is 2.27. The number of esters is 1. The van der Waals surface area contributed by atoms with Gasteiger partial charge in [0.05, 0.1) is 20.8 Å². The van der Waals surface area contributed by atoms with E-state index in [0.717, 1.165) is 10.8 Å². The third-order valence-corrected chi connectivity index (χ3v) is 5.37. The molecule has 1 aliphatic rings. The third-order valence-electron chi connectivity index (χ3n) is 5.37. The van der Waals surface area contributed by atoms with E-state index in [4.69, 9.17) is 14.2 Å². The van der Waals surface area contributed by atoms with Crippen molar-refractivity contribution < 1.29 is 28.6 Å². The van der Waals surface area contributed by atoms with Crippen molar-refractivity contribution >= 4 is 28.6 Å². The standard InChI is InChI=1S/C24H28N2O6/c1-4-32-22(27)8-7-19(12-17-9-10-25-23(17)28)26-24(29)16-6-5-15-13-20(30-2)21(31-3)14-18(15)11-16/h5-8,11,13-14,17,19H,4,9-10,12H2,1-3H3,(H,25,28)(H,26,29)/b8-7+/t17-,19+/m0/s1. The fourth-order valence-electron chi connectivity index (χ4n) is 3.72. The first kappa shape index (κ1) is 23.1. The van der Waals surface area contributed by atoms with Crippen LogP contribution in [0, 0.1) is 5.92 Å². The van der Waals surface area contributed by atoms with Gasteiger partial charge in [-0.25, -0.2) is 4.79 Å². The number of rotatable bonds is 9. The molecule has 2 aromatic carbocycles. The van der Waals surface area contributed by atoms with Crippen LogP contribution in [0.1, 0.15) is 30.1 Å². The van der Waals surface area contributed by atoms with E-state index in [2.05, 4.69) is 10.6 Å². The molecule has 0 unspecified atom stereocenters. The molecule has 0 aliphatic carbocycles. The quantitative estimate of drug-likeness (QED) is 0.459. The molecule has 2 N–H and O–H groups in total. The van der Waals surface area contributed by atoms with Gasteiger partial charge in [-0.1, -0.05) is 12.1 Å². The summed E-state index contributed by atoms with van der Waals surface area (Å²) in [5.41, 5.74) is 0.454. The van der Waals surface area contributed by atoms with E-state index in [1.165, 1.54) is 6.08 Å². The van der Waals surface area contributed by atoms with Gasteiger partial charge in [-0.05, 0) is 54.8 Å². The summed E-state index contributed by atoms with van der Waals surface area (Å²) in [5, 5.41) is 7.45. The van der Waals surface area contributed by atoms with Crippen molar-refractivity contribution in [1.29, 1.82) is 0 Å². The molecule has 3 rings (SSSR count). The Hall–Kier alpha value is -3.55. The summed E-state index contributed by atoms with van der Waals surface area (Å²) in [6.45, 7) is 2.59. The van der Waals surface area contributed by atoms with E-state index in [1.807, 2.05) is 18.2 Å². The predicted octanol–water partition coefficient (Wildman–Crippen LogP) is 2.60. The third kappa shape index (κ3) is 5.57. The summed E-state index contributed by atoms with van der Waals surface area (Å²) >= 11 is 0. The van der Waals surface area contributed by atoms with E-state index in [-0.39, 0.29) is 24.3 Å². The molecule has 0 aromatic heterocycles.